The van der Waals surface area contributed by atoms with Crippen LogP contribution in [-0.4, -0.2) is 60.9 Å². The van der Waals surface area contributed by atoms with Crippen LogP contribution in [0.1, 0.15) is 36.1 Å². The van der Waals surface area contributed by atoms with Crippen molar-refractivity contribution >= 4 is 17.6 Å². The molecule has 8 heteroatoms. The quantitative estimate of drug-likeness (QED) is 0.683. The molecule has 7 nitrogen and oxygen atoms in total. The number of benzene rings is 2. The third kappa shape index (κ3) is 5.50. The van der Waals surface area contributed by atoms with E-state index in [1.165, 1.54) is 23.1 Å². The largest absolute Gasteiger partial charge is 0.383 e. The van der Waals surface area contributed by atoms with Gasteiger partial charge in [-0.15, -0.1) is 0 Å². The SMILES string of the molecule is CCNC(=O)N(CCOC)CC(=O)N1N=C(c2ccccc2F)C[C@H]1c1ccc(C)cc1. The van der Waals surface area contributed by atoms with Gasteiger partial charge in [-0.2, -0.15) is 5.10 Å². The maximum Gasteiger partial charge on any atom is 0.317 e. The molecule has 0 spiro atoms. The molecule has 1 aliphatic rings. The van der Waals surface area contributed by atoms with Gasteiger partial charge >= 0.3 is 6.03 Å². The molecule has 3 amide bonds. The molecule has 1 heterocycles. The van der Waals surface area contributed by atoms with Crippen LogP contribution in [0.2, 0.25) is 0 Å². The summed E-state index contributed by atoms with van der Waals surface area (Å²) >= 11 is 0. The zero-order valence-electron chi connectivity index (χ0n) is 18.7. The predicted octanol–water partition coefficient (Wildman–Crippen LogP) is 3.49. The first kappa shape index (κ1) is 23.4. The first-order chi connectivity index (χ1) is 15.4. The maximum atomic E-state index is 14.4. The highest BCUT2D eigenvalue weighted by Gasteiger charge is 2.35. The molecule has 3 rings (SSSR count). The number of hydrogen-bond acceptors (Lipinski definition) is 4. The lowest BCUT2D eigenvalue weighted by atomic mass is 9.97. The van der Waals surface area contributed by atoms with Crippen LogP contribution in [0.5, 0.6) is 0 Å². The monoisotopic (exact) mass is 440 g/mol. The van der Waals surface area contributed by atoms with Gasteiger partial charge in [-0.3, -0.25) is 4.79 Å². The smallest absolute Gasteiger partial charge is 0.317 e. The molecule has 0 bridgehead atoms. The van der Waals surface area contributed by atoms with Crippen molar-refractivity contribution in [3.8, 4) is 0 Å². The van der Waals surface area contributed by atoms with Crippen LogP contribution in [0.25, 0.3) is 0 Å². The van der Waals surface area contributed by atoms with Crippen LogP contribution >= 0.6 is 0 Å². The van der Waals surface area contributed by atoms with E-state index >= 15 is 0 Å². The fraction of sp³-hybridized carbons (Fsp3) is 0.375. The van der Waals surface area contributed by atoms with Gasteiger partial charge in [0.05, 0.1) is 18.4 Å². The van der Waals surface area contributed by atoms with Gasteiger partial charge in [-0.25, -0.2) is 14.2 Å². The fourth-order valence-electron chi connectivity index (χ4n) is 3.60. The number of amides is 3. The summed E-state index contributed by atoms with van der Waals surface area (Å²) in [6, 6.07) is 13.5. The second-order valence-corrected chi connectivity index (χ2v) is 7.65. The fourth-order valence-corrected chi connectivity index (χ4v) is 3.60. The molecule has 1 N–H and O–H groups in total. The minimum absolute atomic E-state index is 0.161. The number of aryl methyl sites for hydroxylation is 1. The Bertz CT molecular complexity index is 977. The number of carbonyl (C=O) groups excluding carboxylic acids is 2. The molecule has 1 atom stereocenters. The molecule has 0 fully saturated rings. The second-order valence-electron chi connectivity index (χ2n) is 7.65. The van der Waals surface area contributed by atoms with Crippen LogP contribution in [0.3, 0.4) is 0 Å². The average Bonchev–Trinajstić information content (AvgIpc) is 3.22. The highest BCUT2D eigenvalue weighted by Crippen LogP contribution is 2.33. The van der Waals surface area contributed by atoms with E-state index in [1.807, 2.05) is 38.1 Å². The topological polar surface area (TPSA) is 74.2 Å². The third-order valence-electron chi connectivity index (χ3n) is 5.32. The highest BCUT2D eigenvalue weighted by molar-refractivity contribution is 6.03. The van der Waals surface area contributed by atoms with Crippen LogP contribution in [0, 0.1) is 12.7 Å². The summed E-state index contributed by atoms with van der Waals surface area (Å²) < 4.78 is 19.5. The lowest BCUT2D eigenvalue weighted by Crippen LogP contribution is -2.47. The van der Waals surface area contributed by atoms with Crippen molar-refractivity contribution in [2.24, 2.45) is 5.10 Å². The zero-order valence-corrected chi connectivity index (χ0v) is 18.7. The molecule has 170 valence electrons. The van der Waals surface area contributed by atoms with Crippen LogP contribution in [0.4, 0.5) is 9.18 Å². The number of hydrazone groups is 1. The van der Waals surface area contributed by atoms with Gasteiger partial charge in [0, 0.05) is 32.2 Å². The normalized spacial score (nSPS) is 15.4. The summed E-state index contributed by atoms with van der Waals surface area (Å²) in [5.74, 6) is -0.725. The van der Waals surface area contributed by atoms with Gasteiger partial charge in [0.25, 0.3) is 5.91 Å². The number of hydrogen-bond donors (Lipinski definition) is 1. The van der Waals surface area contributed by atoms with Crippen LogP contribution < -0.4 is 5.32 Å². The summed E-state index contributed by atoms with van der Waals surface area (Å²) in [6.45, 7) is 4.65. The molecule has 0 aliphatic carbocycles. The van der Waals surface area contributed by atoms with E-state index in [2.05, 4.69) is 10.4 Å². The lowest BCUT2D eigenvalue weighted by molar-refractivity contribution is -0.133. The molecule has 0 aromatic heterocycles. The number of nitrogens with one attached hydrogen (secondary N) is 1. The number of halogens is 1. The van der Waals surface area contributed by atoms with Crippen molar-refractivity contribution in [2.75, 3.05) is 33.4 Å². The molecule has 0 unspecified atom stereocenters. The van der Waals surface area contributed by atoms with Crippen molar-refractivity contribution in [1.82, 2.24) is 15.2 Å². The Morgan fingerprint density at radius 2 is 1.94 bits per heavy atom. The first-order valence-corrected chi connectivity index (χ1v) is 10.7. The molecule has 2 aromatic rings. The van der Waals surface area contributed by atoms with E-state index in [4.69, 9.17) is 4.74 Å². The molecule has 0 radical (unpaired) electrons. The molecular formula is C24H29FN4O3. The molecule has 1 aliphatic heterocycles. The number of methoxy groups -OCH3 is 1. The summed E-state index contributed by atoms with van der Waals surface area (Å²) in [5.41, 5.74) is 2.88. The minimum atomic E-state index is -0.382. The zero-order chi connectivity index (χ0) is 23.1. The van der Waals surface area contributed by atoms with Crippen LogP contribution in [0.15, 0.2) is 53.6 Å². The Morgan fingerprint density at radius 1 is 1.22 bits per heavy atom. The molecule has 0 saturated heterocycles. The van der Waals surface area contributed by atoms with Gasteiger partial charge in [0.1, 0.15) is 12.4 Å². The lowest BCUT2D eigenvalue weighted by Gasteiger charge is -2.27. The molecule has 2 aromatic carbocycles. The predicted molar refractivity (Wildman–Crippen MR) is 121 cm³/mol. The Morgan fingerprint density at radius 3 is 2.59 bits per heavy atom. The van der Waals surface area contributed by atoms with E-state index in [1.54, 1.807) is 18.2 Å². The summed E-state index contributed by atoms with van der Waals surface area (Å²) in [4.78, 5) is 27.1. The van der Waals surface area contributed by atoms with E-state index in [9.17, 15) is 14.0 Å². The standard InChI is InChI=1S/C24H29FN4O3/c1-4-26-24(31)28(13-14-32-3)16-23(30)29-22(18-11-9-17(2)10-12-18)15-21(27-29)19-7-5-6-8-20(19)25/h5-12,22H,4,13-16H2,1-3H3,(H,26,31)/t22-/m0/s1. The maximum absolute atomic E-state index is 14.4. The molecular weight excluding hydrogens is 411 g/mol. The van der Waals surface area contributed by atoms with Gasteiger partial charge in [0.15, 0.2) is 0 Å². The Kier molecular flexibility index (Phi) is 7.94. The van der Waals surface area contributed by atoms with E-state index in [-0.39, 0.29) is 36.9 Å². The summed E-state index contributed by atoms with van der Waals surface area (Å²) in [7, 11) is 1.54. The number of ether oxygens (including phenoxy) is 1. The Hall–Kier alpha value is -3.26. The molecule has 32 heavy (non-hydrogen) atoms. The average molecular weight is 441 g/mol. The number of nitrogens with zero attached hydrogens (tertiary/aromatic N) is 3. The second kappa shape index (κ2) is 10.9. The summed E-state index contributed by atoms with van der Waals surface area (Å²) in [6.07, 6.45) is 0.384. The molecule has 0 saturated carbocycles. The third-order valence-corrected chi connectivity index (χ3v) is 5.32. The van der Waals surface area contributed by atoms with E-state index in [0.29, 0.717) is 30.8 Å². The number of carbonyl (C=O) groups is 2. The minimum Gasteiger partial charge on any atom is -0.383 e. The first-order valence-electron chi connectivity index (χ1n) is 10.7. The van der Waals surface area contributed by atoms with Gasteiger partial charge in [0.2, 0.25) is 0 Å². The van der Waals surface area contributed by atoms with Gasteiger partial charge in [-0.1, -0.05) is 48.0 Å². The van der Waals surface area contributed by atoms with Gasteiger partial charge < -0.3 is 15.0 Å². The van der Waals surface area contributed by atoms with Crippen molar-refractivity contribution < 1.29 is 18.7 Å². The highest BCUT2D eigenvalue weighted by atomic mass is 19.1. The Balaban J connectivity index is 1.90. The Labute approximate surface area is 187 Å². The van der Waals surface area contributed by atoms with Crippen molar-refractivity contribution in [2.45, 2.75) is 26.3 Å². The van der Waals surface area contributed by atoms with Crippen molar-refractivity contribution in [3.05, 3.63) is 71.0 Å². The van der Waals surface area contributed by atoms with E-state index in [0.717, 1.165) is 11.1 Å². The van der Waals surface area contributed by atoms with E-state index < -0.39 is 0 Å². The number of urea groups is 1. The van der Waals surface area contributed by atoms with Crippen molar-refractivity contribution in [1.29, 1.82) is 0 Å². The number of rotatable bonds is 8. The van der Waals surface area contributed by atoms with Crippen LogP contribution in [-0.2, 0) is 9.53 Å². The summed E-state index contributed by atoms with van der Waals surface area (Å²) in [5, 5.41) is 8.61. The van der Waals surface area contributed by atoms with Gasteiger partial charge in [-0.05, 0) is 25.5 Å². The van der Waals surface area contributed by atoms with Crippen molar-refractivity contribution in [3.63, 3.8) is 0 Å².